The lowest BCUT2D eigenvalue weighted by atomic mass is 9.86. The Morgan fingerprint density at radius 2 is 1.86 bits per heavy atom. The maximum Gasteiger partial charge on any atom is 0.337 e. The molecule has 1 unspecified atom stereocenters. The highest BCUT2D eigenvalue weighted by atomic mass is 35.5. The highest BCUT2D eigenvalue weighted by Crippen LogP contribution is 2.41. The summed E-state index contributed by atoms with van der Waals surface area (Å²) < 4.78 is 5.97. The van der Waals surface area contributed by atoms with E-state index in [0.717, 1.165) is 27.5 Å². The molecule has 148 valence electrons. The number of carboxylic acid groups (broad SMARTS) is 1. The first kappa shape index (κ1) is 20.9. The maximum absolute atomic E-state index is 12.2. The van der Waals surface area contributed by atoms with Crippen molar-refractivity contribution in [2.24, 2.45) is 0 Å². The third-order valence-electron chi connectivity index (χ3n) is 4.63. The van der Waals surface area contributed by atoms with Crippen molar-refractivity contribution in [2.75, 3.05) is 0 Å². The van der Waals surface area contributed by atoms with Crippen molar-refractivity contribution >= 4 is 28.3 Å². The number of aliphatic carboxylic acids is 1. The van der Waals surface area contributed by atoms with E-state index in [1.165, 1.54) is 0 Å². The number of fused-ring (bicyclic) bond motifs is 1. The van der Waals surface area contributed by atoms with Gasteiger partial charge in [-0.05, 0) is 67.3 Å². The van der Waals surface area contributed by atoms with Crippen LogP contribution in [0.5, 0.6) is 0 Å². The van der Waals surface area contributed by atoms with Crippen molar-refractivity contribution in [3.05, 3.63) is 70.2 Å². The van der Waals surface area contributed by atoms with Crippen LogP contribution in [-0.2, 0) is 9.53 Å². The van der Waals surface area contributed by atoms with Crippen LogP contribution < -0.4 is 0 Å². The highest BCUT2D eigenvalue weighted by Gasteiger charge is 2.31. The average Bonchev–Trinajstić information content (AvgIpc) is 2.65. The summed E-state index contributed by atoms with van der Waals surface area (Å²) in [6.07, 6.45) is -1.16. The van der Waals surface area contributed by atoms with Gasteiger partial charge in [0.05, 0.1) is 16.2 Å². The Labute approximate surface area is 175 Å². The number of nitrogens with zero attached hydrogens (tertiary/aromatic N) is 1. The average molecular weight is 408 g/mol. The molecule has 1 atom stereocenters. The van der Waals surface area contributed by atoms with Gasteiger partial charge in [-0.3, -0.25) is 0 Å². The summed E-state index contributed by atoms with van der Waals surface area (Å²) in [7, 11) is 0. The van der Waals surface area contributed by atoms with E-state index in [2.05, 4.69) is 6.07 Å². The Kier molecular flexibility index (Phi) is 5.66. The first-order valence-electron chi connectivity index (χ1n) is 9.25. The van der Waals surface area contributed by atoms with Crippen molar-refractivity contribution in [3.63, 3.8) is 0 Å². The fourth-order valence-corrected chi connectivity index (χ4v) is 3.67. The van der Waals surface area contributed by atoms with Crippen LogP contribution in [0.2, 0.25) is 5.02 Å². The van der Waals surface area contributed by atoms with Gasteiger partial charge in [0.1, 0.15) is 6.07 Å². The van der Waals surface area contributed by atoms with Crippen LogP contribution >= 0.6 is 11.6 Å². The van der Waals surface area contributed by atoms with Gasteiger partial charge >= 0.3 is 5.97 Å². The molecule has 0 aliphatic rings. The fourth-order valence-electron chi connectivity index (χ4n) is 3.51. The van der Waals surface area contributed by atoms with Gasteiger partial charge in [-0.1, -0.05) is 48.0 Å². The smallest absolute Gasteiger partial charge is 0.337 e. The summed E-state index contributed by atoms with van der Waals surface area (Å²) in [6.45, 7) is 7.37. The molecule has 29 heavy (non-hydrogen) atoms. The second-order valence-corrected chi connectivity index (χ2v) is 8.37. The van der Waals surface area contributed by atoms with E-state index in [9.17, 15) is 15.2 Å². The molecule has 1 N–H and O–H groups in total. The van der Waals surface area contributed by atoms with Crippen LogP contribution in [0.15, 0.2) is 48.5 Å². The normalized spacial score (nSPS) is 12.6. The molecule has 0 saturated carbocycles. The van der Waals surface area contributed by atoms with Crippen LogP contribution in [0.4, 0.5) is 0 Å². The number of hydrogen-bond donors (Lipinski definition) is 1. The van der Waals surface area contributed by atoms with E-state index in [4.69, 9.17) is 16.3 Å². The molecule has 5 heteroatoms. The number of carboxylic acids is 1. The minimum absolute atomic E-state index is 0.337. The molecule has 0 radical (unpaired) electrons. The molecule has 0 amide bonds. The van der Waals surface area contributed by atoms with Crippen LogP contribution in [0.25, 0.3) is 21.9 Å². The molecule has 0 bridgehead atoms. The van der Waals surface area contributed by atoms with Crippen LogP contribution in [0, 0.1) is 18.3 Å². The molecular formula is C24H22ClNO3. The molecule has 3 aromatic rings. The minimum Gasteiger partial charge on any atom is -0.479 e. The van der Waals surface area contributed by atoms with Gasteiger partial charge in [0.15, 0.2) is 6.10 Å². The Morgan fingerprint density at radius 3 is 2.48 bits per heavy atom. The standard InChI is InChI=1S/C24H22ClNO3/c1-14-11-15-7-5-6-8-18(15)21(16-9-10-19(25)17(12-16)13-26)20(14)22(23(27)28)29-24(2,3)4/h5-12,22H,1-4H3,(H,27,28). The number of halogens is 1. The number of carbonyl (C=O) groups is 1. The molecule has 0 aromatic heterocycles. The quantitative estimate of drug-likeness (QED) is 0.552. The van der Waals surface area contributed by atoms with E-state index in [-0.39, 0.29) is 0 Å². The number of ether oxygens (including phenoxy) is 1. The van der Waals surface area contributed by atoms with Crippen LogP contribution in [0.3, 0.4) is 0 Å². The minimum atomic E-state index is -1.16. The molecule has 4 nitrogen and oxygen atoms in total. The van der Waals surface area contributed by atoms with Gasteiger partial charge < -0.3 is 9.84 Å². The fraction of sp³-hybridized carbons (Fsp3) is 0.250. The summed E-state index contributed by atoms with van der Waals surface area (Å²) >= 11 is 6.13. The van der Waals surface area contributed by atoms with E-state index in [1.807, 2.05) is 64.1 Å². The molecular weight excluding hydrogens is 386 g/mol. The van der Waals surface area contributed by atoms with Crippen molar-refractivity contribution in [1.82, 2.24) is 0 Å². The van der Waals surface area contributed by atoms with E-state index in [1.54, 1.807) is 12.1 Å². The van der Waals surface area contributed by atoms with Crippen molar-refractivity contribution in [3.8, 4) is 17.2 Å². The summed E-state index contributed by atoms with van der Waals surface area (Å²) in [4.78, 5) is 12.2. The topological polar surface area (TPSA) is 70.3 Å². The molecule has 0 heterocycles. The van der Waals surface area contributed by atoms with Gasteiger partial charge in [0, 0.05) is 5.56 Å². The van der Waals surface area contributed by atoms with Crippen molar-refractivity contribution in [1.29, 1.82) is 5.26 Å². The van der Waals surface area contributed by atoms with Crippen LogP contribution in [-0.4, -0.2) is 16.7 Å². The molecule has 0 saturated heterocycles. The zero-order valence-electron chi connectivity index (χ0n) is 16.8. The lowest BCUT2D eigenvalue weighted by Crippen LogP contribution is -2.28. The number of hydrogen-bond acceptors (Lipinski definition) is 3. The summed E-state index contributed by atoms with van der Waals surface area (Å²) in [5.41, 5.74) is 2.54. The first-order chi connectivity index (χ1) is 13.6. The third-order valence-corrected chi connectivity index (χ3v) is 4.96. The summed E-state index contributed by atoms with van der Waals surface area (Å²) in [5.74, 6) is -1.06. The molecule has 3 rings (SSSR count). The predicted molar refractivity (Wildman–Crippen MR) is 115 cm³/mol. The van der Waals surface area contributed by atoms with Gasteiger partial charge in [-0.2, -0.15) is 5.26 Å². The van der Waals surface area contributed by atoms with Crippen molar-refractivity contribution in [2.45, 2.75) is 39.4 Å². The second-order valence-electron chi connectivity index (χ2n) is 7.96. The van der Waals surface area contributed by atoms with Gasteiger partial charge in [0.2, 0.25) is 0 Å². The Bertz CT molecular complexity index is 1140. The molecule has 0 aliphatic heterocycles. The number of rotatable bonds is 4. The molecule has 0 aliphatic carbocycles. The molecule has 0 fully saturated rings. The number of aryl methyl sites for hydroxylation is 1. The van der Waals surface area contributed by atoms with Crippen LogP contribution in [0.1, 0.15) is 43.6 Å². The first-order valence-corrected chi connectivity index (χ1v) is 9.63. The Hall–Kier alpha value is -2.87. The zero-order chi connectivity index (χ0) is 21.3. The van der Waals surface area contributed by atoms with Crippen molar-refractivity contribution < 1.29 is 14.6 Å². The molecule has 0 spiro atoms. The Morgan fingerprint density at radius 1 is 1.17 bits per heavy atom. The third kappa shape index (κ3) is 4.27. The lowest BCUT2D eigenvalue weighted by Gasteiger charge is -2.28. The van der Waals surface area contributed by atoms with Gasteiger partial charge in [-0.15, -0.1) is 0 Å². The van der Waals surface area contributed by atoms with E-state index < -0.39 is 17.7 Å². The largest absolute Gasteiger partial charge is 0.479 e. The highest BCUT2D eigenvalue weighted by molar-refractivity contribution is 6.31. The summed E-state index contributed by atoms with van der Waals surface area (Å²) in [5, 5.41) is 21.7. The predicted octanol–water partition coefficient (Wildman–Crippen LogP) is 6.28. The van der Waals surface area contributed by atoms with E-state index >= 15 is 0 Å². The number of nitriles is 1. The van der Waals surface area contributed by atoms with Gasteiger partial charge in [0.25, 0.3) is 0 Å². The maximum atomic E-state index is 12.2. The van der Waals surface area contributed by atoms with Gasteiger partial charge in [-0.25, -0.2) is 4.79 Å². The monoisotopic (exact) mass is 407 g/mol. The SMILES string of the molecule is Cc1cc2ccccc2c(-c2ccc(Cl)c(C#N)c2)c1C(OC(C)(C)C)C(=O)O. The molecule has 3 aromatic carbocycles. The lowest BCUT2D eigenvalue weighted by molar-refractivity contribution is -0.160. The Balaban J connectivity index is 2.42. The van der Waals surface area contributed by atoms with E-state index in [0.29, 0.717) is 16.1 Å². The number of benzene rings is 3. The zero-order valence-corrected chi connectivity index (χ0v) is 17.5. The second kappa shape index (κ2) is 7.87. The summed E-state index contributed by atoms with van der Waals surface area (Å²) in [6, 6.07) is 17.0.